The molecule has 6 heteroatoms. The first kappa shape index (κ1) is 22.2. The number of rotatable bonds is 6. The van der Waals surface area contributed by atoms with Crippen LogP contribution in [0.5, 0.6) is 0 Å². The van der Waals surface area contributed by atoms with Gasteiger partial charge in [0, 0.05) is 25.4 Å². The molecule has 0 aromatic carbocycles. The van der Waals surface area contributed by atoms with Crippen molar-refractivity contribution in [2.75, 3.05) is 6.61 Å². The highest BCUT2D eigenvalue weighted by Gasteiger charge is 2.49. The van der Waals surface area contributed by atoms with Gasteiger partial charge in [-0.2, -0.15) is 0 Å². The zero-order valence-corrected chi connectivity index (χ0v) is 17.5. The molecule has 6 nitrogen and oxygen atoms in total. The SMILES string of the molecule is C=C1C(C)C[C@H](CCC)O[C@@H]1C[C@@H]1O[C@H]2CC(O)[C@@H](CCO)O[C@H]2C(C)[C@H]1O. The van der Waals surface area contributed by atoms with Gasteiger partial charge in [0.05, 0.1) is 48.8 Å². The average Bonchev–Trinajstić information content (AvgIpc) is 2.65. The molecule has 3 unspecified atom stereocenters. The molecular formula is C22H38O6. The molecule has 0 saturated carbocycles. The van der Waals surface area contributed by atoms with E-state index < -0.39 is 18.3 Å². The first-order chi connectivity index (χ1) is 13.3. The zero-order chi connectivity index (χ0) is 20.4. The van der Waals surface area contributed by atoms with Crippen LogP contribution in [0.4, 0.5) is 0 Å². The summed E-state index contributed by atoms with van der Waals surface area (Å²) in [6, 6.07) is 0. The van der Waals surface area contributed by atoms with E-state index in [4.69, 9.17) is 14.2 Å². The Balaban J connectivity index is 1.66. The summed E-state index contributed by atoms with van der Waals surface area (Å²) < 4.78 is 18.5. The van der Waals surface area contributed by atoms with Crippen LogP contribution in [0.2, 0.25) is 0 Å². The first-order valence-corrected chi connectivity index (χ1v) is 11.0. The highest BCUT2D eigenvalue weighted by Crippen LogP contribution is 2.40. The Hall–Kier alpha value is -0.500. The fourth-order valence-corrected chi connectivity index (χ4v) is 5.08. The minimum atomic E-state index is -0.662. The summed E-state index contributed by atoms with van der Waals surface area (Å²) in [5, 5.41) is 30.4. The molecule has 0 aliphatic carbocycles. The Morgan fingerprint density at radius 1 is 1.04 bits per heavy atom. The van der Waals surface area contributed by atoms with Gasteiger partial charge in [-0.3, -0.25) is 0 Å². The van der Waals surface area contributed by atoms with Crippen LogP contribution in [0.15, 0.2) is 12.2 Å². The molecule has 3 aliphatic rings. The van der Waals surface area contributed by atoms with Crippen molar-refractivity contribution in [3.8, 4) is 0 Å². The lowest BCUT2D eigenvalue weighted by atomic mass is 9.79. The van der Waals surface area contributed by atoms with E-state index in [2.05, 4.69) is 20.4 Å². The normalized spacial score (nSPS) is 47.0. The van der Waals surface area contributed by atoms with Gasteiger partial charge in [-0.25, -0.2) is 0 Å². The molecule has 3 aliphatic heterocycles. The van der Waals surface area contributed by atoms with Gasteiger partial charge in [0.2, 0.25) is 0 Å². The van der Waals surface area contributed by atoms with Crippen molar-refractivity contribution in [1.29, 1.82) is 0 Å². The van der Waals surface area contributed by atoms with E-state index in [1.165, 1.54) is 0 Å². The number of ether oxygens (including phenoxy) is 3. The first-order valence-electron chi connectivity index (χ1n) is 11.0. The fourth-order valence-electron chi connectivity index (χ4n) is 5.08. The lowest BCUT2D eigenvalue weighted by Gasteiger charge is -2.50. The highest BCUT2D eigenvalue weighted by molar-refractivity contribution is 5.11. The van der Waals surface area contributed by atoms with Gasteiger partial charge in [0.25, 0.3) is 0 Å². The quantitative estimate of drug-likeness (QED) is 0.595. The van der Waals surface area contributed by atoms with Gasteiger partial charge < -0.3 is 29.5 Å². The Morgan fingerprint density at radius 2 is 1.79 bits per heavy atom. The van der Waals surface area contributed by atoms with Crippen molar-refractivity contribution in [3.63, 3.8) is 0 Å². The van der Waals surface area contributed by atoms with Crippen LogP contribution < -0.4 is 0 Å². The minimum absolute atomic E-state index is 0.0300. The summed E-state index contributed by atoms with van der Waals surface area (Å²) in [7, 11) is 0. The molecule has 3 fully saturated rings. The van der Waals surface area contributed by atoms with Crippen LogP contribution in [0.25, 0.3) is 0 Å². The van der Waals surface area contributed by atoms with E-state index in [0.29, 0.717) is 25.2 Å². The third kappa shape index (κ3) is 4.63. The number of hydrogen-bond donors (Lipinski definition) is 3. The van der Waals surface area contributed by atoms with Gasteiger partial charge in [-0.1, -0.05) is 33.8 Å². The van der Waals surface area contributed by atoms with E-state index in [0.717, 1.165) is 24.8 Å². The second kappa shape index (κ2) is 9.54. The topological polar surface area (TPSA) is 88.4 Å². The summed E-state index contributed by atoms with van der Waals surface area (Å²) in [6.45, 7) is 10.6. The summed E-state index contributed by atoms with van der Waals surface area (Å²) in [6.07, 6.45) is 2.07. The minimum Gasteiger partial charge on any atom is -0.396 e. The molecular weight excluding hydrogens is 360 g/mol. The molecule has 0 aromatic rings. The van der Waals surface area contributed by atoms with Gasteiger partial charge in [-0.05, 0) is 30.8 Å². The molecule has 3 rings (SSSR count). The number of hydrogen-bond acceptors (Lipinski definition) is 6. The molecule has 3 heterocycles. The molecule has 0 amide bonds. The monoisotopic (exact) mass is 398 g/mol. The van der Waals surface area contributed by atoms with Crippen molar-refractivity contribution in [1.82, 2.24) is 0 Å². The van der Waals surface area contributed by atoms with Crippen molar-refractivity contribution >= 4 is 0 Å². The lowest BCUT2D eigenvalue weighted by molar-refractivity contribution is -0.269. The van der Waals surface area contributed by atoms with Crippen LogP contribution in [0, 0.1) is 11.8 Å². The number of fused-ring (bicyclic) bond motifs is 1. The maximum Gasteiger partial charge on any atom is 0.0894 e. The Kier molecular flexibility index (Phi) is 7.56. The van der Waals surface area contributed by atoms with Crippen LogP contribution in [0.1, 0.15) is 59.3 Å². The van der Waals surface area contributed by atoms with E-state index in [-0.39, 0.29) is 43.0 Å². The van der Waals surface area contributed by atoms with E-state index >= 15 is 0 Å². The largest absolute Gasteiger partial charge is 0.396 e. The molecule has 0 radical (unpaired) electrons. The van der Waals surface area contributed by atoms with Crippen LogP contribution in [-0.4, -0.2) is 70.8 Å². The maximum absolute atomic E-state index is 10.9. The highest BCUT2D eigenvalue weighted by atomic mass is 16.6. The second-order valence-electron chi connectivity index (χ2n) is 9.00. The summed E-state index contributed by atoms with van der Waals surface area (Å²) in [5.41, 5.74) is 1.08. The summed E-state index contributed by atoms with van der Waals surface area (Å²) >= 11 is 0. The van der Waals surface area contributed by atoms with E-state index in [1.807, 2.05) is 6.92 Å². The van der Waals surface area contributed by atoms with Gasteiger partial charge >= 0.3 is 0 Å². The van der Waals surface area contributed by atoms with Gasteiger partial charge in [-0.15, -0.1) is 0 Å². The standard InChI is InChI=1S/C22H38O6/c1-5-6-15-9-12(2)13(3)18(26-15)11-19-21(25)14(4)22-20(27-19)10-16(24)17(28-22)7-8-23/h12,14-25H,3,5-11H2,1-2,4H3/t12?,14?,15-,16?,17+,18+,19-,20-,21+,22-/m0/s1. The molecule has 3 saturated heterocycles. The fraction of sp³-hybridized carbons (Fsp3) is 0.909. The van der Waals surface area contributed by atoms with E-state index in [1.54, 1.807) is 0 Å². The third-order valence-electron chi connectivity index (χ3n) is 6.88. The van der Waals surface area contributed by atoms with Gasteiger partial charge in [0.1, 0.15) is 0 Å². The van der Waals surface area contributed by atoms with Gasteiger partial charge in [0.15, 0.2) is 0 Å². The number of aliphatic hydroxyl groups is 3. The molecule has 0 aromatic heterocycles. The molecule has 162 valence electrons. The predicted molar refractivity (Wildman–Crippen MR) is 106 cm³/mol. The van der Waals surface area contributed by atoms with Crippen molar-refractivity contribution in [2.24, 2.45) is 11.8 Å². The molecule has 3 N–H and O–H groups in total. The zero-order valence-electron chi connectivity index (χ0n) is 17.5. The third-order valence-corrected chi connectivity index (χ3v) is 6.88. The Morgan fingerprint density at radius 3 is 2.46 bits per heavy atom. The maximum atomic E-state index is 10.9. The van der Waals surface area contributed by atoms with Crippen molar-refractivity contribution in [2.45, 2.75) is 108 Å². The van der Waals surface area contributed by atoms with Crippen molar-refractivity contribution in [3.05, 3.63) is 12.2 Å². The summed E-state index contributed by atoms with van der Waals surface area (Å²) in [4.78, 5) is 0. The Labute approximate surface area is 168 Å². The van der Waals surface area contributed by atoms with Crippen LogP contribution >= 0.6 is 0 Å². The second-order valence-corrected chi connectivity index (χ2v) is 9.00. The molecule has 0 spiro atoms. The molecule has 10 atom stereocenters. The van der Waals surface area contributed by atoms with Crippen LogP contribution in [-0.2, 0) is 14.2 Å². The Bertz CT molecular complexity index is 525. The number of aliphatic hydroxyl groups excluding tert-OH is 3. The lowest BCUT2D eigenvalue weighted by Crippen LogP contribution is -2.60. The van der Waals surface area contributed by atoms with E-state index in [9.17, 15) is 15.3 Å². The smallest absolute Gasteiger partial charge is 0.0894 e. The predicted octanol–water partition coefficient (Wildman–Crippen LogP) is 2.19. The molecule has 28 heavy (non-hydrogen) atoms. The van der Waals surface area contributed by atoms with Crippen LogP contribution in [0.3, 0.4) is 0 Å². The molecule has 0 bridgehead atoms. The van der Waals surface area contributed by atoms with Crippen molar-refractivity contribution < 1.29 is 29.5 Å². The average molecular weight is 399 g/mol. The summed E-state index contributed by atoms with van der Waals surface area (Å²) in [5.74, 6) is 0.290.